The van der Waals surface area contributed by atoms with Crippen LogP contribution in [0.1, 0.15) is 26.2 Å². The lowest BCUT2D eigenvalue weighted by atomic mass is 9.96. The van der Waals surface area contributed by atoms with Crippen LogP contribution in [0.4, 0.5) is 10.1 Å². The first kappa shape index (κ1) is 15.5. The molecule has 0 bridgehead atoms. The summed E-state index contributed by atoms with van der Waals surface area (Å²) in [6.07, 6.45) is 2.63. The fraction of sp³-hybridized carbons (Fsp3) is 0.538. The fourth-order valence-electron chi connectivity index (χ4n) is 2.47. The number of hydrogen-bond donors (Lipinski definition) is 1. The van der Waals surface area contributed by atoms with Crippen molar-refractivity contribution in [3.8, 4) is 0 Å². The van der Waals surface area contributed by atoms with Gasteiger partial charge in [-0.15, -0.1) is 0 Å². The second-order valence-electron chi connectivity index (χ2n) is 5.07. The van der Waals surface area contributed by atoms with Crippen LogP contribution in [-0.2, 0) is 10.0 Å². The highest BCUT2D eigenvalue weighted by molar-refractivity contribution is 7.89. The SMILES string of the molecule is CCC1CCN(S(=O)(=O)c2cc(N)cc(Cl)c2F)CC1. The number of halogens is 2. The van der Waals surface area contributed by atoms with Gasteiger partial charge >= 0.3 is 0 Å². The topological polar surface area (TPSA) is 63.4 Å². The molecule has 2 N–H and O–H groups in total. The second kappa shape index (κ2) is 5.87. The number of benzene rings is 1. The molecule has 0 amide bonds. The van der Waals surface area contributed by atoms with E-state index in [4.69, 9.17) is 17.3 Å². The van der Waals surface area contributed by atoms with Gasteiger partial charge in [-0.1, -0.05) is 24.9 Å². The molecule has 112 valence electrons. The highest BCUT2D eigenvalue weighted by Gasteiger charge is 2.31. The number of sulfonamides is 1. The third-order valence-electron chi connectivity index (χ3n) is 3.79. The van der Waals surface area contributed by atoms with Gasteiger partial charge in [0.2, 0.25) is 10.0 Å². The summed E-state index contributed by atoms with van der Waals surface area (Å²) in [7, 11) is -3.88. The normalized spacial score (nSPS) is 18.4. The Hall–Kier alpha value is -0.850. The molecular formula is C13H18ClFN2O2S. The fourth-order valence-corrected chi connectivity index (χ4v) is 4.34. The van der Waals surface area contributed by atoms with E-state index in [0.29, 0.717) is 19.0 Å². The van der Waals surface area contributed by atoms with Crippen molar-refractivity contribution in [2.45, 2.75) is 31.1 Å². The van der Waals surface area contributed by atoms with Gasteiger partial charge in [-0.3, -0.25) is 0 Å². The van der Waals surface area contributed by atoms with Crippen LogP contribution in [0, 0.1) is 11.7 Å². The minimum atomic E-state index is -3.88. The van der Waals surface area contributed by atoms with Gasteiger partial charge in [-0.25, -0.2) is 12.8 Å². The van der Waals surface area contributed by atoms with Crippen LogP contribution >= 0.6 is 11.6 Å². The number of nitrogens with zero attached hydrogens (tertiary/aromatic N) is 1. The van der Waals surface area contributed by atoms with Crippen LogP contribution in [0.3, 0.4) is 0 Å². The van der Waals surface area contributed by atoms with Crippen molar-refractivity contribution in [3.63, 3.8) is 0 Å². The summed E-state index contributed by atoms with van der Waals surface area (Å²) in [4.78, 5) is -0.433. The maximum Gasteiger partial charge on any atom is 0.246 e. The molecule has 0 atom stereocenters. The van der Waals surface area contributed by atoms with E-state index in [1.165, 1.54) is 10.4 Å². The van der Waals surface area contributed by atoms with Crippen molar-refractivity contribution in [1.82, 2.24) is 4.31 Å². The van der Waals surface area contributed by atoms with Crippen LogP contribution in [0.2, 0.25) is 5.02 Å². The lowest BCUT2D eigenvalue weighted by Crippen LogP contribution is -2.38. The van der Waals surface area contributed by atoms with E-state index in [1.54, 1.807) is 0 Å². The summed E-state index contributed by atoms with van der Waals surface area (Å²) in [5.74, 6) is -0.394. The van der Waals surface area contributed by atoms with Crippen LogP contribution in [0.15, 0.2) is 17.0 Å². The molecular weight excluding hydrogens is 303 g/mol. The third kappa shape index (κ3) is 2.92. The van der Waals surface area contributed by atoms with Gasteiger partial charge in [0, 0.05) is 18.8 Å². The van der Waals surface area contributed by atoms with E-state index in [-0.39, 0.29) is 10.7 Å². The predicted molar refractivity (Wildman–Crippen MR) is 77.6 cm³/mol. The molecule has 1 aliphatic heterocycles. The largest absolute Gasteiger partial charge is 0.399 e. The molecule has 7 heteroatoms. The molecule has 1 saturated heterocycles. The van der Waals surface area contributed by atoms with E-state index in [2.05, 4.69) is 6.92 Å². The summed E-state index contributed by atoms with van der Waals surface area (Å²) in [5, 5.41) is -0.271. The van der Waals surface area contributed by atoms with Gasteiger partial charge in [0.15, 0.2) is 5.82 Å². The summed E-state index contributed by atoms with van der Waals surface area (Å²) >= 11 is 5.67. The first-order chi connectivity index (χ1) is 9.36. The number of hydrogen-bond acceptors (Lipinski definition) is 3. The Labute approximate surface area is 123 Å². The number of nitrogen functional groups attached to an aromatic ring is 1. The molecule has 1 aromatic rings. The smallest absolute Gasteiger partial charge is 0.246 e. The van der Waals surface area contributed by atoms with Crippen molar-refractivity contribution >= 4 is 27.3 Å². The number of piperidine rings is 1. The lowest BCUT2D eigenvalue weighted by Gasteiger charge is -2.30. The second-order valence-corrected chi connectivity index (χ2v) is 7.38. The molecule has 0 aliphatic carbocycles. The van der Waals surface area contributed by atoms with Gasteiger partial charge in [-0.05, 0) is 30.9 Å². The summed E-state index contributed by atoms with van der Waals surface area (Å²) in [5.41, 5.74) is 5.70. The van der Waals surface area contributed by atoms with E-state index < -0.39 is 20.7 Å². The maximum atomic E-state index is 14.0. The van der Waals surface area contributed by atoms with Crippen LogP contribution < -0.4 is 5.73 Å². The first-order valence-electron chi connectivity index (χ1n) is 6.61. The molecule has 1 fully saturated rings. The number of rotatable bonds is 3. The Morgan fingerprint density at radius 3 is 2.55 bits per heavy atom. The Bertz CT molecular complexity index is 599. The lowest BCUT2D eigenvalue weighted by molar-refractivity contribution is 0.268. The maximum absolute atomic E-state index is 14.0. The minimum Gasteiger partial charge on any atom is -0.399 e. The molecule has 1 heterocycles. The van der Waals surface area contributed by atoms with Gasteiger partial charge < -0.3 is 5.73 Å². The molecule has 0 radical (unpaired) electrons. The number of nitrogens with two attached hydrogens (primary N) is 1. The standard InChI is InChI=1S/C13H18ClFN2O2S/c1-2-9-3-5-17(6-4-9)20(18,19)12-8-10(16)7-11(14)13(12)15/h7-9H,2-6,16H2,1H3. The predicted octanol–water partition coefficient (Wildman–Crippen LogP) is 2.87. The molecule has 0 unspecified atom stereocenters. The van der Waals surface area contributed by atoms with Crippen molar-refractivity contribution in [2.75, 3.05) is 18.8 Å². The van der Waals surface area contributed by atoms with Crippen LogP contribution in [0.25, 0.3) is 0 Å². The molecule has 20 heavy (non-hydrogen) atoms. The third-order valence-corrected chi connectivity index (χ3v) is 5.96. The highest BCUT2D eigenvalue weighted by Crippen LogP contribution is 2.30. The molecule has 2 rings (SSSR count). The highest BCUT2D eigenvalue weighted by atomic mass is 35.5. The first-order valence-corrected chi connectivity index (χ1v) is 8.42. The Morgan fingerprint density at radius 1 is 1.40 bits per heavy atom. The van der Waals surface area contributed by atoms with E-state index in [1.807, 2.05) is 0 Å². The Kier molecular flexibility index (Phi) is 4.56. The zero-order chi connectivity index (χ0) is 14.9. The molecule has 1 aromatic carbocycles. The van der Waals surface area contributed by atoms with Crippen molar-refractivity contribution in [3.05, 3.63) is 23.0 Å². The van der Waals surface area contributed by atoms with E-state index in [0.717, 1.165) is 25.3 Å². The summed E-state index contributed by atoms with van der Waals surface area (Å²) < 4.78 is 40.3. The van der Waals surface area contributed by atoms with Gasteiger partial charge in [0.25, 0.3) is 0 Å². The molecule has 4 nitrogen and oxygen atoms in total. The molecule has 0 aromatic heterocycles. The van der Waals surface area contributed by atoms with E-state index in [9.17, 15) is 12.8 Å². The van der Waals surface area contributed by atoms with Gasteiger partial charge in [0.05, 0.1) is 5.02 Å². The average molecular weight is 321 g/mol. The Morgan fingerprint density at radius 2 is 2.00 bits per heavy atom. The average Bonchev–Trinajstić information content (AvgIpc) is 2.42. The zero-order valence-corrected chi connectivity index (χ0v) is 12.8. The molecule has 0 spiro atoms. The zero-order valence-electron chi connectivity index (χ0n) is 11.3. The summed E-state index contributed by atoms with van der Waals surface area (Å²) in [6.45, 7) is 2.91. The van der Waals surface area contributed by atoms with Crippen LogP contribution in [-0.4, -0.2) is 25.8 Å². The van der Waals surface area contributed by atoms with Crippen LogP contribution in [0.5, 0.6) is 0 Å². The summed E-state index contributed by atoms with van der Waals surface area (Å²) in [6, 6.07) is 2.34. The quantitative estimate of drug-likeness (QED) is 0.871. The Balaban J connectivity index is 2.32. The van der Waals surface area contributed by atoms with Gasteiger partial charge in [0.1, 0.15) is 4.90 Å². The minimum absolute atomic E-state index is 0.137. The molecule has 0 saturated carbocycles. The van der Waals surface area contributed by atoms with Crippen molar-refractivity contribution < 1.29 is 12.8 Å². The monoisotopic (exact) mass is 320 g/mol. The number of anilines is 1. The van der Waals surface area contributed by atoms with Crippen molar-refractivity contribution in [2.24, 2.45) is 5.92 Å². The van der Waals surface area contributed by atoms with Gasteiger partial charge in [-0.2, -0.15) is 4.31 Å². The van der Waals surface area contributed by atoms with E-state index >= 15 is 0 Å². The van der Waals surface area contributed by atoms with Crippen molar-refractivity contribution in [1.29, 1.82) is 0 Å². The molecule has 1 aliphatic rings.